The lowest BCUT2D eigenvalue weighted by molar-refractivity contribution is -0.163. The van der Waals surface area contributed by atoms with Crippen molar-refractivity contribution in [1.82, 2.24) is 0 Å². The number of unbranched alkanes of at least 4 members (excludes halogenated alkanes) is 13. The lowest BCUT2D eigenvalue weighted by Gasteiger charge is -2.18. The van der Waals surface area contributed by atoms with Crippen molar-refractivity contribution in [1.29, 1.82) is 0 Å². The standard InChI is InChI=1S/C57H92O5/c1-4-7-10-13-16-19-21-23-25-27-29-31-33-35-37-39-41-44-47-50-56(58)61-54-55(53-60-52-49-46-43-18-15-12-9-6-3)62-57(59)51-48-45-42-40-38-36-34-32-30-28-26-24-22-20-17-14-11-8-5-2/h7-8,10-11,16-17,19-20,23-26,29-32,35-38,55H,4-6,9,12-15,18,21-22,27-28,33-34,39-54H2,1-3H3/b10-7-,11-8-,19-16-,20-17-,25-23-,26-24-,31-29-,32-30-,37-35-,38-36-. The van der Waals surface area contributed by atoms with Crippen LogP contribution in [0.15, 0.2) is 122 Å². The second-order valence-corrected chi connectivity index (χ2v) is 16.0. The van der Waals surface area contributed by atoms with E-state index in [1.807, 2.05) is 0 Å². The van der Waals surface area contributed by atoms with E-state index in [4.69, 9.17) is 14.2 Å². The fraction of sp³-hybridized carbons (Fsp3) is 0.614. The Hall–Kier alpha value is -3.70. The molecule has 0 aromatic carbocycles. The zero-order chi connectivity index (χ0) is 44.9. The van der Waals surface area contributed by atoms with Gasteiger partial charge in [0.15, 0.2) is 6.10 Å². The van der Waals surface area contributed by atoms with E-state index >= 15 is 0 Å². The van der Waals surface area contributed by atoms with Crippen LogP contribution in [0.1, 0.15) is 201 Å². The summed E-state index contributed by atoms with van der Waals surface area (Å²) in [5, 5.41) is 0. The summed E-state index contributed by atoms with van der Waals surface area (Å²) >= 11 is 0. The van der Waals surface area contributed by atoms with Crippen LogP contribution in [-0.2, 0) is 23.8 Å². The molecular formula is C57H92O5. The monoisotopic (exact) mass is 857 g/mol. The van der Waals surface area contributed by atoms with Crippen molar-refractivity contribution >= 4 is 11.9 Å². The Morgan fingerprint density at radius 3 is 1.15 bits per heavy atom. The summed E-state index contributed by atoms with van der Waals surface area (Å²) in [5.41, 5.74) is 0. The minimum Gasteiger partial charge on any atom is -0.462 e. The minimum absolute atomic E-state index is 0.0477. The lowest BCUT2D eigenvalue weighted by Crippen LogP contribution is -2.30. The number of hydrogen-bond acceptors (Lipinski definition) is 5. The molecule has 0 bridgehead atoms. The molecule has 62 heavy (non-hydrogen) atoms. The summed E-state index contributed by atoms with van der Waals surface area (Å²) in [6.45, 7) is 7.49. The maximum atomic E-state index is 12.8. The third-order valence-electron chi connectivity index (χ3n) is 9.99. The van der Waals surface area contributed by atoms with Gasteiger partial charge < -0.3 is 14.2 Å². The Balaban J connectivity index is 4.33. The highest BCUT2D eigenvalue weighted by Gasteiger charge is 2.17. The predicted molar refractivity (Wildman–Crippen MR) is 269 cm³/mol. The zero-order valence-electron chi connectivity index (χ0n) is 40.1. The van der Waals surface area contributed by atoms with Crippen molar-refractivity contribution in [3.8, 4) is 0 Å². The molecule has 0 aliphatic rings. The second kappa shape index (κ2) is 51.6. The number of ether oxygens (including phenoxy) is 3. The minimum atomic E-state index is -0.572. The lowest BCUT2D eigenvalue weighted by atomic mass is 10.1. The summed E-state index contributed by atoms with van der Waals surface area (Å²) in [6.07, 6.45) is 72.1. The van der Waals surface area contributed by atoms with E-state index in [0.717, 1.165) is 128 Å². The first kappa shape index (κ1) is 58.3. The van der Waals surface area contributed by atoms with Gasteiger partial charge in [0.05, 0.1) is 6.61 Å². The third kappa shape index (κ3) is 49.0. The van der Waals surface area contributed by atoms with Gasteiger partial charge in [0.25, 0.3) is 0 Å². The summed E-state index contributed by atoms with van der Waals surface area (Å²) in [4.78, 5) is 25.3. The maximum Gasteiger partial charge on any atom is 0.306 e. The van der Waals surface area contributed by atoms with Crippen molar-refractivity contribution in [3.05, 3.63) is 122 Å². The van der Waals surface area contributed by atoms with Crippen molar-refractivity contribution in [3.63, 3.8) is 0 Å². The van der Waals surface area contributed by atoms with Crippen molar-refractivity contribution in [2.24, 2.45) is 0 Å². The molecule has 0 aliphatic carbocycles. The number of carbonyl (C=O) groups excluding carboxylic acids is 2. The van der Waals surface area contributed by atoms with Crippen LogP contribution in [0.5, 0.6) is 0 Å². The molecule has 0 saturated carbocycles. The molecule has 5 heteroatoms. The van der Waals surface area contributed by atoms with Gasteiger partial charge in [-0.15, -0.1) is 0 Å². The molecule has 350 valence electrons. The fourth-order valence-corrected chi connectivity index (χ4v) is 6.33. The highest BCUT2D eigenvalue weighted by Crippen LogP contribution is 2.11. The first-order valence-corrected chi connectivity index (χ1v) is 25.1. The van der Waals surface area contributed by atoms with Gasteiger partial charge in [0, 0.05) is 19.4 Å². The Morgan fingerprint density at radius 1 is 0.371 bits per heavy atom. The molecule has 0 aliphatic heterocycles. The van der Waals surface area contributed by atoms with E-state index in [1.165, 1.54) is 38.5 Å². The van der Waals surface area contributed by atoms with Crippen LogP contribution < -0.4 is 0 Å². The highest BCUT2D eigenvalue weighted by molar-refractivity contribution is 5.70. The molecule has 1 unspecified atom stereocenters. The first-order chi connectivity index (χ1) is 30.6. The molecule has 0 aromatic rings. The van der Waals surface area contributed by atoms with Crippen LogP contribution in [0.2, 0.25) is 0 Å². The van der Waals surface area contributed by atoms with Gasteiger partial charge in [-0.1, -0.05) is 200 Å². The Morgan fingerprint density at radius 2 is 0.726 bits per heavy atom. The normalized spacial score (nSPS) is 13.3. The smallest absolute Gasteiger partial charge is 0.306 e. The van der Waals surface area contributed by atoms with Crippen LogP contribution >= 0.6 is 0 Å². The molecule has 0 aromatic heterocycles. The Kier molecular flexibility index (Phi) is 48.6. The molecular weight excluding hydrogens is 765 g/mol. The Labute approximate surface area is 382 Å². The molecule has 0 N–H and O–H groups in total. The van der Waals surface area contributed by atoms with Crippen molar-refractivity contribution in [2.45, 2.75) is 207 Å². The molecule has 0 fully saturated rings. The van der Waals surface area contributed by atoms with Crippen molar-refractivity contribution < 1.29 is 23.8 Å². The van der Waals surface area contributed by atoms with Gasteiger partial charge in [-0.05, 0) is 109 Å². The molecule has 0 rings (SSSR count). The molecule has 0 amide bonds. The first-order valence-electron chi connectivity index (χ1n) is 25.1. The summed E-state index contributed by atoms with van der Waals surface area (Å²) in [6, 6.07) is 0. The summed E-state index contributed by atoms with van der Waals surface area (Å²) in [5.74, 6) is -0.481. The van der Waals surface area contributed by atoms with Crippen LogP contribution in [-0.4, -0.2) is 37.9 Å². The molecule has 0 spiro atoms. The van der Waals surface area contributed by atoms with E-state index in [1.54, 1.807) is 0 Å². The third-order valence-corrected chi connectivity index (χ3v) is 9.99. The molecule has 0 heterocycles. The van der Waals surface area contributed by atoms with Gasteiger partial charge in [0.1, 0.15) is 6.61 Å². The molecule has 5 nitrogen and oxygen atoms in total. The average molecular weight is 857 g/mol. The van der Waals surface area contributed by atoms with Crippen molar-refractivity contribution in [2.75, 3.05) is 19.8 Å². The number of allylic oxidation sites excluding steroid dienone is 20. The zero-order valence-corrected chi connectivity index (χ0v) is 40.1. The van der Waals surface area contributed by atoms with Crippen LogP contribution in [0.4, 0.5) is 0 Å². The van der Waals surface area contributed by atoms with E-state index in [0.29, 0.717) is 19.4 Å². The number of rotatable bonds is 44. The van der Waals surface area contributed by atoms with Crippen LogP contribution in [0, 0.1) is 0 Å². The second-order valence-electron chi connectivity index (χ2n) is 16.0. The fourth-order valence-electron chi connectivity index (χ4n) is 6.33. The van der Waals surface area contributed by atoms with Gasteiger partial charge in [-0.3, -0.25) is 9.59 Å². The topological polar surface area (TPSA) is 61.8 Å². The van der Waals surface area contributed by atoms with E-state index in [2.05, 4.69) is 142 Å². The maximum absolute atomic E-state index is 12.8. The van der Waals surface area contributed by atoms with E-state index in [9.17, 15) is 9.59 Å². The van der Waals surface area contributed by atoms with Gasteiger partial charge in [-0.2, -0.15) is 0 Å². The Bertz CT molecular complexity index is 1290. The van der Waals surface area contributed by atoms with E-state index in [-0.39, 0.29) is 25.2 Å². The van der Waals surface area contributed by atoms with E-state index < -0.39 is 6.10 Å². The van der Waals surface area contributed by atoms with Gasteiger partial charge in [0.2, 0.25) is 0 Å². The SMILES string of the molecule is CC/C=C\C/C=C\C/C=C\C/C=C\C/C=C\CCCCCC(=O)OCC(COCCCCCCCCCC)OC(=O)CCCCC/C=C\C/C=C\C/C=C\C/C=C\C/C=C\CC. The molecule has 0 saturated heterocycles. The number of carbonyl (C=O) groups is 2. The highest BCUT2D eigenvalue weighted by atomic mass is 16.6. The molecule has 0 radical (unpaired) electrons. The average Bonchev–Trinajstić information content (AvgIpc) is 3.27. The summed E-state index contributed by atoms with van der Waals surface area (Å²) < 4.78 is 17.3. The largest absolute Gasteiger partial charge is 0.462 e. The van der Waals surface area contributed by atoms with Crippen LogP contribution in [0.25, 0.3) is 0 Å². The number of esters is 2. The van der Waals surface area contributed by atoms with Gasteiger partial charge in [-0.25, -0.2) is 0 Å². The summed E-state index contributed by atoms with van der Waals surface area (Å²) in [7, 11) is 0. The molecule has 1 atom stereocenters. The van der Waals surface area contributed by atoms with Crippen LogP contribution in [0.3, 0.4) is 0 Å². The predicted octanol–water partition coefficient (Wildman–Crippen LogP) is 17.0. The van der Waals surface area contributed by atoms with Gasteiger partial charge >= 0.3 is 11.9 Å². The quantitative estimate of drug-likeness (QED) is 0.0347. The number of hydrogen-bond donors (Lipinski definition) is 0.